The van der Waals surface area contributed by atoms with E-state index in [1.165, 1.54) is 10.7 Å². The van der Waals surface area contributed by atoms with E-state index in [0.29, 0.717) is 17.1 Å². The van der Waals surface area contributed by atoms with Crippen LogP contribution in [0.3, 0.4) is 0 Å². The van der Waals surface area contributed by atoms with E-state index in [1.54, 1.807) is 25.2 Å². The largest absolute Gasteiger partial charge is 0.454 e. The van der Waals surface area contributed by atoms with Crippen molar-refractivity contribution < 1.29 is 22.7 Å². The molecule has 0 bridgehead atoms. The molecule has 1 fully saturated rings. The summed E-state index contributed by atoms with van der Waals surface area (Å²) >= 11 is 0. The summed E-state index contributed by atoms with van der Waals surface area (Å²) in [5, 5.41) is 2.66. The van der Waals surface area contributed by atoms with Crippen LogP contribution in [0.2, 0.25) is 0 Å². The molecule has 1 heterocycles. The first-order chi connectivity index (χ1) is 12.0. The number of ether oxygens (including phenoxy) is 2. The lowest BCUT2D eigenvalue weighted by Gasteiger charge is -2.30. The van der Waals surface area contributed by atoms with Crippen LogP contribution in [0, 0.1) is 0 Å². The average Bonchev–Trinajstić information content (AvgIpc) is 3.09. The van der Waals surface area contributed by atoms with Gasteiger partial charge in [-0.3, -0.25) is 4.79 Å². The standard InChI is InChI=1S/C17H24N2O5S/c1-19(14-5-3-2-4-6-14)25(21,22)10-9-18-17(20)13-7-8-15-16(11-13)24-12-23-15/h7-8,11,14H,2-6,9-10,12H2,1H3,(H,18,20). The molecule has 25 heavy (non-hydrogen) atoms. The Balaban J connectivity index is 1.52. The Kier molecular flexibility index (Phi) is 5.48. The number of nitrogens with zero attached hydrogens (tertiary/aromatic N) is 1. The van der Waals surface area contributed by atoms with Gasteiger partial charge in [-0.2, -0.15) is 0 Å². The number of carbonyl (C=O) groups excluding carboxylic acids is 1. The van der Waals surface area contributed by atoms with E-state index in [1.807, 2.05) is 0 Å². The van der Waals surface area contributed by atoms with Crippen molar-refractivity contribution in [1.29, 1.82) is 0 Å². The van der Waals surface area contributed by atoms with Crippen LogP contribution in [-0.2, 0) is 10.0 Å². The third kappa shape index (κ3) is 4.24. The number of rotatable bonds is 6. The van der Waals surface area contributed by atoms with Crippen molar-refractivity contribution >= 4 is 15.9 Å². The summed E-state index contributed by atoms with van der Waals surface area (Å²) in [6.07, 6.45) is 5.16. The fraction of sp³-hybridized carbons (Fsp3) is 0.588. The third-order valence-corrected chi connectivity index (χ3v) is 6.70. The van der Waals surface area contributed by atoms with E-state index in [9.17, 15) is 13.2 Å². The Hall–Kier alpha value is -1.80. The van der Waals surface area contributed by atoms with Crippen LogP contribution in [0.15, 0.2) is 18.2 Å². The SMILES string of the molecule is CN(C1CCCCC1)S(=O)(=O)CCNC(=O)c1ccc2c(c1)OCO2. The molecule has 1 amide bonds. The van der Waals surface area contributed by atoms with Crippen LogP contribution >= 0.6 is 0 Å². The number of nitrogens with one attached hydrogen (secondary N) is 1. The summed E-state index contributed by atoms with van der Waals surface area (Å²) in [7, 11) is -1.73. The van der Waals surface area contributed by atoms with Crippen LogP contribution in [0.25, 0.3) is 0 Å². The summed E-state index contributed by atoms with van der Waals surface area (Å²) in [4.78, 5) is 12.2. The molecule has 0 unspecified atom stereocenters. The zero-order valence-electron chi connectivity index (χ0n) is 14.4. The van der Waals surface area contributed by atoms with Gasteiger partial charge in [-0.15, -0.1) is 0 Å². The molecule has 0 saturated heterocycles. The summed E-state index contributed by atoms with van der Waals surface area (Å²) in [6, 6.07) is 4.99. The highest BCUT2D eigenvalue weighted by atomic mass is 32.2. The van der Waals surface area contributed by atoms with Crippen LogP contribution in [0.4, 0.5) is 0 Å². The number of benzene rings is 1. The van der Waals surface area contributed by atoms with Crippen LogP contribution < -0.4 is 14.8 Å². The molecule has 0 atom stereocenters. The molecular formula is C17H24N2O5S. The first-order valence-electron chi connectivity index (χ1n) is 8.61. The summed E-state index contributed by atoms with van der Waals surface area (Å²) in [6.45, 7) is 0.221. The van der Waals surface area contributed by atoms with Gasteiger partial charge >= 0.3 is 0 Å². The van der Waals surface area contributed by atoms with Crippen molar-refractivity contribution in [3.8, 4) is 11.5 Å². The van der Waals surface area contributed by atoms with E-state index in [-0.39, 0.29) is 31.0 Å². The van der Waals surface area contributed by atoms with Gasteiger partial charge in [-0.25, -0.2) is 12.7 Å². The molecule has 7 nitrogen and oxygen atoms in total. The molecule has 2 aliphatic rings. The molecule has 8 heteroatoms. The Morgan fingerprint density at radius 3 is 2.68 bits per heavy atom. The maximum Gasteiger partial charge on any atom is 0.251 e. The Labute approximate surface area is 148 Å². The van der Waals surface area contributed by atoms with E-state index < -0.39 is 10.0 Å². The van der Waals surface area contributed by atoms with Crippen molar-refractivity contribution in [2.75, 3.05) is 26.1 Å². The zero-order chi connectivity index (χ0) is 17.9. The van der Waals surface area contributed by atoms with Crippen molar-refractivity contribution in [2.45, 2.75) is 38.1 Å². The van der Waals surface area contributed by atoms with E-state index in [2.05, 4.69) is 5.32 Å². The Morgan fingerprint density at radius 2 is 1.92 bits per heavy atom. The van der Waals surface area contributed by atoms with Gasteiger partial charge in [0, 0.05) is 25.2 Å². The monoisotopic (exact) mass is 368 g/mol. The molecular weight excluding hydrogens is 344 g/mol. The lowest BCUT2D eigenvalue weighted by atomic mass is 9.96. The molecule has 1 saturated carbocycles. The summed E-state index contributed by atoms with van der Waals surface area (Å²) in [5.41, 5.74) is 0.419. The molecule has 1 aromatic carbocycles. The normalized spacial score (nSPS) is 17.7. The number of fused-ring (bicyclic) bond motifs is 1. The van der Waals surface area contributed by atoms with Gasteiger partial charge < -0.3 is 14.8 Å². The second-order valence-corrected chi connectivity index (χ2v) is 8.60. The van der Waals surface area contributed by atoms with Crippen molar-refractivity contribution in [1.82, 2.24) is 9.62 Å². The predicted octanol–water partition coefficient (Wildman–Crippen LogP) is 1.74. The highest BCUT2D eigenvalue weighted by Crippen LogP contribution is 2.32. The van der Waals surface area contributed by atoms with Crippen molar-refractivity contribution in [3.63, 3.8) is 0 Å². The average molecular weight is 368 g/mol. The second-order valence-electron chi connectivity index (χ2n) is 6.45. The van der Waals surface area contributed by atoms with E-state index >= 15 is 0 Å². The maximum absolute atomic E-state index is 12.4. The smallest absolute Gasteiger partial charge is 0.251 e. The molecule has 1 aliphatic heterocycles. The Morgan fingerprint density at radius 1 is 1.20 bits per heavy atom. The van der Waals surface area contributed by atoms with E-state index in [0.717, 1.165) is 25.7 Å². The van der Waals surface area contributed by atoms with Crippen LogP contribution in [0.5, 0.6) is 11.5 Å². The molecule has 0 radical (unpaired) electrons. The molecule has 1 aromatic rings. The van der Waals surface area contributed by atoms with Gasteiger partial charge in [-0.1, -0.05) is 19.3 Å². The predicted molar refractivity (Wildman–Crippen MR) is 93.3 cm³/mol. The molecule has 138 valence electrons. The fourth-order valence-electron chi connectivity index (χ4n) is 3.25. The van der Waals surface area contributed by atoms with Crippen molar-refractivity contribution in [2.24, 2.45) is 0 Å². The zero-order valence-corrected chi connectivity index (χ0v) is 15.2. The number of hydrogen-bond donors (Lipinski definition) is 1. The first kappa shape index (κ1) is 18.0. The summed E-state index contributed by atoms with van der Waals surface area (Å²) < 4.78 is 36.8. The van der Waals surface area contributed by atoms with E-state index in [4.69, 9.17) is 9.47 Å². The fourth-order valence-corrected chi connectivity index (χ4v) is 4.56. The molecule has 1 N–H and O–H groups in total. The van der Waals surface area contributed by atoms with Gasteiger partial charge in [0.15, 0.2) is 11.5 Å². The molecule has 0 spiro atoms. The number of amides is 1. The Bertz CT molecular complexity index is 729. The minimum atomic E-state index is -3.37. The highest BCUT2D eigenvalue weighted by molar-refractivity contribution is 7.89. The molecule has 0 aromatic heterocycles. The van der Waals surface area contributed by atoms with Gasteiger partial charge in [0.2, 0.25) is 16.8 Å². The third-order valence-electron chi connectivity index (χ3n) is 4.81. The summed E-state index contributed by atoms with van der Waals surface area (Å²) in [5.74, 6) is 0.704. The van der Waals surface area contributed by atoms with Crippen LogP contribution in [-0.4, -0.2) is 50.8 Å². The lowest BCUT2D eigenvalue weighted by Crippen LogP contribution is -2.42. The highest BCUT2D eigenvalue weighted by Gasteiger charge is 2.27. The topological polar surface area (TPSA) is 84.9 Å². The molecule has 1 aliphatic carbocycles. The maximum atomic E-state index is 12.4. The number of sulfonamides is 1. The first-order valence-corrected chi connectivity index (χ1v) is 10.2. The van der Waals surface area contributed by atoms with Gasteiger partial charge in [0.25, 0.3) is 5.91 Å². The van der Waals surface area contributed by atoms with Gasteiger partial charge in [0.1, 0.15) is 0 Å². The number of carbonyl (C=O) groups is 1. The quantitative estimate of drug-likeness (QED) is 0.827. The second kappa shape index (κ2) is 7.61. The van der Waals surface area contributed by atoms with Gasteiger partial charge in [0.05, 0.1) is 5.75 Å². The van der Waals surface area contributed by atoms with Crippen molar-refractivity contribution in [3.05, 3.63) is 23.8 Å². The van der Waals surface area contributed by atoms with Crippen LogP contribution in [0.1, 0.15) is 42.5 Å². The lowest BCUT2D eigenvalue weighted by molar-refractivity contribution is 0.0955. The number of hydrogen-bond acceptors (Lipinski definition) is 5. The molecule has 3 rings (SSSR count). The minimum Gasteiger partial charge on any atom is -0.454 e. The minimum absolute atomic E-state index is 0.0761. The van der Waals surface area contributed by atoms with Gasteiger partial charge in [-0.05, 0) is 31.0 Å².